The van der Waals surface area contributed by atoms with Gasteiger partial charge in [-0.1, -0.05) is 46.5 Å². The fourth-order valence-corrected chi connectivity index (χ4v) is 2.97. The highest BCUT2D eigenvalue weighted by molar-refractivity contribution is 5.78. The SMILES string of the molecule is CCCCC(CCC)(C(=O)OCC)C(CCC)OC(=O)OCC. The van der Waals surface area contributed by atoms with Crippen LogP contribution in [0.2, 0.25) is 0 Å². The van der Waals surface area contributed by atoms with E-state index in [2.05, 4.69) is 6.92 Å². The van der Waals surface area contributed by atoms with Crippen LogP contribution in [0.4, 0.5) is 4.79 Å². The molecule has 0 saturated heterocycles. The van der Waals surface area contributed by atoms with Gasteiger partial charge in [-0.15, -0.1) is 0 Å². The van der Waals surface area contributed by atoms with Gasteiger partial charge in [0.1, 0.15) is 11.5 Å². The number of ether oxygens (including phenoxy) is 3. The Kier molecular flexibility index (Phi) is 11.5. The van der Waals surface area contributed by atoms with Crippen molar-refractivity contribution in [1.29, 1.82) is 0 Å². The van der Waals surface area contributed by atoms with Crippen LogP contribution in [0.15, 0.2) is 0 Å². The van der Waals surface area contributed by atoms with Gasteiger partial charge >= 0.3 is 12.1 Å². The van der Waals surface area contributed by atoms with Crippen molar-refractivity contribution in [3.05, 3.63) is 0 Å². The van der Waals surface area contributed by atoms with Gasteiger partial charge in [0.05, 0.1) is 13.2 Å². The van der Waals surface area contributed by atoms with E-state index >= 15 is 0 Å². The summed E-state index contributed by atoms with van der Waals surface area (Å²) in [6.07, 6.45) is 4.26. The lowest BCUT2D eigenvalue weighted by Crippen LogP contribution is -2.46. The third-order valence-electron chi connectivity index (χ3n) is 4.02. The van der Waals surface area contributed by atoms with Gasteiger partial charge in [0.15, 0.2) is 0 Å². The second-order valence-corrected chi connectivity index (χ2v) is 5.81. The molecule has 0 spiro atoms. The standard InChI is InChI=1S/C18H34O5/c1-6-11-14-18(13-8-3,16(19)21-9-4)15(12-7-2)23-17(20)22-10-5/h15H,6-14H2,1-5H3. The highest BCUT2D eigenvalue weighted by Crippen LogP contribution is 2.40. The summed E-state index contributed by atoms with van der Waals surface area (Å²) in [4.78, 5) is 24.6. The molecule has 0 aromatic rings. The molecule has 0 fully saturated rings. The molecule has 0 aliphatic rings. The first-order valence-corrected chi connectivity index (χ1v) is 9.02. The largest absolute Gasteiger partial charge is 0.508 e. The molecule has 0 aliphatic carbocycles. The lowest BCUT2D eigenvalue weighted by molar-refractivity contribution is -0.166. The minimum absolute atomic E-state index is 0.252. The third-order valence-corrected chi connectivity index (χ3v) is 4.02. The van der Waals surface area contributed by atoms with Gasteiger partial charge in [-0.2, -0.15) is 0 Å². The molecule has 23 heavy (non-hydrogen) atoms. The smallest absolute Gasteiger partial charge is 0.465 e. The van der Waals surface area contributed by atoms with Gasteiger partial charge in [0.25, 0.3) is 0 Å². The number of unbranched alkanes of at least 4 members (excludes halogenated alkanes) is 1. The Morgan fingerprint density at radius 3 is 2.00 bits per heavy atom. The topological polar surface area (TPSA) is 61.8 Å². The van der Waals surface area contributed by atoms with Crippen molar-refractivity contribution in [2.24, 2.45) is 5.41 Å². The fourth-order valence-electron chi connectivity index (χ4n) is 2.97. The van der Waals surface area contributed by atoms with E-state index in [-0.39, 0.29) is 12.6 Å². The van der Waals surface area contributed by atoms with E-state index in [0.717, 1.165) is 25.7 Å². The zero-order valence-corrected chi connectivity index (χ0v) is 15.5. The van der Waals surface area contributed by atoms with Crippen LogP contribution in [-0.2, 0) is 19.0 Å². The molecule has 0 aromatic carbocycles. The number of hydrogen-bond acceptors (Lipinski definition) is 5. The summed E-state index contributed by atoms with van der Waals surface area (Å²) >= 11 is 0. The molecule has 5 heteroatoms. The summed E-state index contributed by atoms with van der Waals surface area (Å²) in [5.41, 5.74) is -0.774. The van der Waals surface area contributed by atoms with Crippen LogP contribution >= 0.6 is 0 Å². The molecule has 0 N–H and O–H groups in total. The van der Waals surface area contributed by atoms with Gasteiger partial charge in [-0.3, -0.25) is 4.79 Å². The van der Waals surface area contributed by atoms with Crippen molar-refractivity contribution in [2.75, 3.05) is 13.2 Å². The third kappa shape index (κ3) is 6.80. The van der Waals surface area contributed by atoms with E-state index in [1.165, 1.54) is 0 Å². The number of carbonyl (C=O) groups is 2. The number of hydrogen-bond donors (Lipinski definition) is 0. The molecule has 2 unspecified atom stereocenters. The van der Waals surface area contributed by atoms with Crippen molar-refractivity contribution >= 4 is 12.1 Å². The lowest BCUT2D eigenvalue weighted by Gasteiger charge is -2.37. The van der Waals surface area contributed by atoms with E-state index in [1.807, 2.05) is 13.8 Å². The number of rotatable bonds is 12. The van der Waals surface area contributed by atoms with Crippen LogP contribution in [0.5, 0.6) is 0 Å². The van der Waals surface area contributed by atoms with Crippen molar-refractivity contribution in [1.82, 2.24) is 0 Å². The van der Waals surface area contributed by atoms with Crippen LogP contribution in [0.1, 0.15) is 79.6 Å². The quantitative estimate of drug-likeness (QED) is 0.478. The monoisotopic (exact) mass is 330 g/mol. The van der Waals surface area contributed by atoms with Crippen LogP contribution in [-0.4, -0.2) is 31.4 Å². The summed E-state index contributed by atoms with van der Waals surface area (Å²) in [6, 6.07) is 0. The maximum absolute atomic E-state index is 12.8. The molecule has 0 aliphatic heterocycles. The van der Waals surface area contributed by atoms with Gasteiger partial charge in [0.2, 0.25) is 0 Å². The summed E-state index contributed by atoms with van der Waals surface area (Å²) in [7, 11) is 0. The Hall–Kier alpha value is -1.26. The fraction of sp³-hybridized carbons (Fsp3) is 0.889. The number of esters is 1. The molecular weight excluding hydrogens is 296 g/mol. The van der Waals surface area contributed by atoms with Crippen molar-refractivity contribution in [3.8, 4) is 0 Å². The molecule has 0 aromatic heterocycles. The first-order valence-electron chi connectivity index (χ1n) is 9.02. The van der Waals surface area contributed by atoms with E-state index < -0.39 is 17.7 Å². The summed E-state index contributed by atoms with van der Waals surface area (Å²) in [5.74, 6) is -0.252. The van der Waals surface area contributed by atoms with E-state index in [9.17, 15) is 9.59 Å². The van der Waals surface area contributed by atoms with Crippen molar-refractivity contribution < 1.29 is 23.8 Å². The zero-order valence-electron chi connectivity index (χ0n) is 15.5. The van der Waals surface area contributed by atoms with Gasteiger partial charge < -0.3 is 14.2 Å². The first-order chi connectivity index (χ1) is 11.0. The van der Waals surface area contributed by atoms with E-state index in [0.29, 0.717) is 25.9 Å². The Bertz CT molecular complexity index is 342. The molecule has 0 amide bonds. The Morgan fingerprint density at radius 2 is 1.52 bits per heavy atom. The average molecular weight is 330 g/mol. The first kappa shape index (κ1) is 21.7. The average Bonchev–Trinajstić information content (AvgIpc) is 2.51. The highest BCUT2D eigenvalue weighted by Gasteiger charge is 2.47. The maximum atomic E-state index is 12.8. The molecule has 0 saturated carbocycles. The van der Waals surface area contributed by atoms with Gasteiger partial charge in [-0.25, -0.2) is 4.79 Å². The summed E-state index contributed by atoms with van der Waals surface area (Å²) in [5, 5.41) is 0. The van der Waals surface area contributed by atoms with Crippen LogP contribution < -0.4 is 0 Å². The highest BCUT2D eigenvalue weighted by atomic mass is 16.7. The summed E-state index contributed by atoms with van der Waals surface area (Å²) < 4.78 is 15.8. The Morgan fingerprint density at radius 1 is 0.870 bits per heavy atom. The Balaban J connectivity index is 5.55. The molecule has 0 bridgehead atoms. The second-order valence-electron chi connectivity index (χ2n) is 5.81. The Labute approximate surface area is 141 Å². The second kappa shape index (κ2) is 12.2. The predicted molar refractivity (Wildman–Crippen MR) is 90.3 cm³/mol. The minimum atomic E-state index is -0.774. The summed E-state index contributed by atoms with van der Waals surface area (Å²) in [6.45, 7) is 10.3. The van der Waals surface area contributed by atoms with Crippen molar-refractivity contribution in [3.63, 3.8) is 0 Å². The maximum Gasteiger partial charge on any atom is 0.508 e. The molecular formula is C18H34O5. The number of carbonyl (C=O) groups excluding carboxylic acids is 2. The molecule has 2 atom stereocenters. The predicted octanol–water partition coefficient (Wildman–Crippen LogP) is 4.87. The molecule has 0 radical (unpaired) electrons. The molecule has 5 nitrogen and oxygen atoms in total. The van der Waals surface area contributed by atoms with Crippen LogP contribution in [0, 0.1) is 5.41 Å². The molecule has 136 valence electrons. The van der Waals surface area contributed by atoms with Crippen molar-refractivity contribution in [2.45, 2.75) is 85.7 Å². The van der Waals surface area contributed by atoms with E-state index in [4.69, 9.17) is 14.2 Å². The van der Waals surface area contributed by atoms with Crippen LogP contribution in [0.3, 0.4) is 0 Å². The normalized spacial score (nSPS) is 14.7. The lowest BCUT2D eigenvalue weighted by atomic mass is 9.72. The van der Waals surface area contributed by atoms with Gasteiger partial charge in [0, 0.05) is 0 Å². The van der Waals surface area contributed by atoms with Gasteiger partial charge in [-0.05, 0) is 33.1 Å². The molecule has 0 rings (SSSR count). The van der Waals surface area contributed by atoms with Crippen LogP contribution in [0.25, 0.3) is 0 Å². The zero-order chi connectivity index (χ0) is 17.7. The molecule has 0 heterocycles. The van der Waals surface area contributed by atoms with E-state index in [1.54, 1.807) is 13.8 Å². The minimum Gasteiger partial charge on any atom is -0.465 e.